The lowest BCUT2D eigenvalue weighted by atomic mass is 9.78. The molecule has 2 aromatic heterocycles. The molecule has 0 aliphatic heterocycles. The molecule has 5 aromatic carbocycles. The lowest BCUT2D eigenvalue weighted by molar-refractivity contribution is 0.622. The van der Waals surface area contributed by atoms with E-state index in [0.717, 1.165) is 22.3 Å². The Hall–Kier alpha value is -4.90. The van der Waals surface area contributed by atoms with Crippen LogP contribution in [-0.2, 0) is 0 Å². The van der Waals surface area contributed by atoms with Crippen LogP contribution in [0.3, 0.4) is 0 Å². The Morgan fingerprint density at radius 3 is 1.74 bits per heavy atom. The normalized spacial score (nSPS) is 11.4. The molecular formula is C35H18B3F2NO. The fraction of sp³-hybridized carbons (Fsp3) is 0. The van der Waals surface area contributed by atoms with Crippen molar-refractivity contribution < 1.29 is 13.2 Å². The maximum absolute atomic E-state index is 15.4. The van der Waals surface area contributed by atoms with Crippen molar-refractivity contribution >= 4 is 62.0 Å². The topological polar surface area (TPSA) is 26.0 Å². The van der Waals surface area contributed by atoms with Gasteiger partial charge in [-0.15, -0.1) is 0 Å². The van der Waals surface area contributed by atoms with Crippen LogP contribution < -0.4 is 16.5 Å². The van der Waals surface area contributed by atoms with Crippen molar-refractivity contribution in [3.63, 3.8) is 0 Å². The highest BCUT2D eigenvalue weighted by atomic mass is 19.1. The average Bonchev–Trinajstić information content (AvgIpc) is 3.41. The number of aromatic nitrogens is 1. The minimum atomic E-state index is -0.841. The molecule has 7 rings (SSSR count). The highest BCUT2D eigenvalue weighted by Gasteiger charge is 2.21. The number of hydrogen-bond donors (Lipinski definition) is 0. The molecule has 6 radical (unpaired) electrons. The molecule has 0 atom stereocenters. The van der Waals surface area contributed by atoms with E-state index in [1.165, 1.54) is 6.07 Å². The monoisotopic (exact) mass is 539 g/mol. The zero-order valence-electron chi connectivity index (χ0n) is 22.2. The number of rotatable bonds is 4. The first-order chi connectivity index (χ1) is 20.4. The quantitative estimate of drug-likeness (QED) is 0.246. The summed E-state index contributed by atoms with van der Waals surface area (Å²) in [6.45, 7) is 0. The summed E-state index contributed by atoms with van der Waals surface area (Å²) in [6.07, 6.45) is 0. The van der Waals surface area contributed by atoms with E-state index >= 15 is 4.39 Å². The van der Waals surface area contributed by atoms with Crippen molar-refractivity contribution in [3.05, 3.63) is 121 Å². The lowest BCUT2D eigenvalue weighted by Gasteiger charge is -2.12. The van der Waals surface area contributed by atoms with Gasteiger partial charge in [-0.2, -0.15) is 0 Å². The van der Waals surface area contributed by atoms with Gasteiger partial charge in [-0.1, -0.05) is 96.5 Å². The first kappa shape index (κ1) is 26.0. The maximum atomic E-state index is 15.4. The van der Waals surface area contributed by atoms with E-state index < -0.39 is 11.6 Å². The molecular weight excluding hydrogens is 521 g/mol. The second-order valence-corrected chi connectivity index (χ2v) is 10.1. The summed E-state index contributed by atoms with van der Waals surface area (Å²) in [7, 11) is 17.6. The summed E-state index contributed by atoms with van der Waals surface area (Å²) >= 11 is 0. The van der Waals surface area contributed by atoms with Crippen molar-refractivity contribution in [1.29, 1.82) is 0 Å². The third-order valence-electron chi connectivity index (χ3n) is 7.61. The van der Waals surface area contributed by atoms with Crippen LogP contribution in [-0.4, -0.2) is 28.5 Å². The third kappa shape index (κ3) is 4.24. The smallest absolute Gasteiger partial charge is 0.146 e. The standard InChI is InChI=1S/C35H18B3F2NO/c36-29-31(40)30(37)35(38)41-32(29)26-8-4-7-24-25-17-18-27(39)28(34(25)42-33(24)26)23-15-13-22(14-16-23)21-11-9-20(10-12-21)19-5-2-1-3-6-19/h1-18H. The molecule has 0 saturated heterocycles. The predicted octanol–water partition coefficient (Wildman–Crippen LogP) is 6.31. The van der Waals surface area contributed by atoms with Gasteiger partial charge >= 0.3 is 0 Å². The Morgan fingerprint density at radius 2 is 1.10 bits per heavy atom. The van der Waals surface area contributed by atoms with E-state index in [9.17, 15) is 4.39 Å². The average molecular weight is 539 g/mol. The summed E-state index contributed by atoms with van der Waals surface area (Å²) in [5, 5.41) is 1.40. The van der Waals surface area contributed by atoms with Gasteiger partial charge in [0.1, 0.15) is 46.3 Å². The number of pyridine rings is 1. The molecule has 0 aliphatic rings. The summed E-state index contributed by atoms with van der Waals surface area (Å²) in [4.78, 5) is 4.24. The zero-order chi connectivity index (χ0) is 29.0. The fourth-order valence-electron chi connectivity index (χ4n) is 5.42. The van der Waals surface area contributed by atoms with Gasteiger partial charge in [-0.25, -0.2) is 8.78 Å². The minimum Gasteiger partial charge on any atom is -0.455 e. The summed E-state index contributed by atoms with van der Waals surface area (Å²) < 4.78 is 36.4. The number of furan rings is 1. The van der Waals surface area contributed by atoms with Crippen LogP contribution in [0.2, 0.25) is 0 Å². The largest absolute Gasteiger partial charge is 0.455 e. The first-order valence-corrected chi connectivity index (χ1v) is 13.3. The molecule has 2 heterocycles. The number of halogens is 2. The Morgan fingerprint density at radius 1 is 0.524 bits per heavy atom. The molecule has 0 N–H and O–H groups in total. The van der Waals surface area contributed by atoms with Crippen LogP contribution in [0.4, 0.5) is 8.78 Å². The van der Waals surface area contributed by atoms with Crippen LogP contribution in [0.25, 0.3) is 66.6 Å². The molecule has 0 amide bonds. The van der Waals surface area contributed by atoms with Gasteiger partial charge in [0.15, 0.2) is 0 Å². The second kappa shape index (κ2) is 10.2. The number of hydrogen-bond acceptors (Lipinski definition) is 2. The minimum absolute atomic E-state index is 0.105. The molecule has 2 nitrogen and oxygen atoms in total. The molecule has 0 spiro atoms. The van der Waals surface area contributed by atoms with Gasteiger partial charge in [-0.3, -0.25) is 4.98 Å². The number of benzene rings is 5. The van der Waals surface area contributed by atoms with Gasteiger partial charge < -0.3 is 4.42 Å². The van der Waals surface area contributed by atoms with E-state index in [2.05, 4.69) is 41.4 Å². The highest BCUT2D eigenvalue weighted by molar-refractivity contribution is 6.50. The molecule has 42 heavy (non-hydrogen) atoms. The van der Waals surface area contributed by atoms with E-state index in [0.29, 0.717) is 38.6 Å². The molecule has 7 aromatic rings. The molecule has 7 heteroatoms. The van der Waals surface area contributed by atoms with Gasteiger partial charge in [0.2, 0.25) is 0 Å². The molecule has 0 saturated carbocycles. The Kier molecular flexibility index (Phi) is 6.31. The summed E-state index contributed by atoms with van der Waals surface area (Å²) in [5.74, 6) is -1.27. The van der Waals surface area contributed by atoms with Gasteiger partial charge in [0.25, 0.3) is 0 Å². The Balaban J connectivity index is 1.32. The van der Waals surface area contributed by atoms with Crippen LogP contribution in [0.1, 0.15) is 0 Å². The van der Waals surface area contributed by atoms with Crippen molar-refractivity contribution in [3.8, 4) is 44.6 Å². The highest BCUT2D eigenvalue weighted by Crippen LogP contribution is 2.40. The van der Waals surface area contributed by atoms with E-state index in [1.807, 2.05) is 48.5 Å². The second-order valence-electron chi connectivity index (χ2n) is 10.1. The van der Waals surface area contributed by atoms with Crippen LogP contribution >= 0.6 is 0 Å². The molecule has 0 bridgehead atoms. The molecule has 0 unspecified atom stereocenters. The molecule has 192 valence electrons. The van der Waals surface area contributed by atoms with Crippen molar-refractivity contribution in [2.45, 2.75) is 0 Å². The Bertz CT molecular complexity index is 2120. The predicted molar refractivity (Wildman–Crippen MR) is 169 cm³/mol. The van der Waals surface area contributed by atoms with Crippen LogP contribution in [0.5, 0.6) is 0 Å². The van der Waals surface area contributed by atoms with E-state index in [4.69, 9.17) is 28.0 Å². The first-order valence-electron chi connectivity index (χ1n) is 13.3. The molecule has 0 fully saturated rings. The number of para-hydroxylation sites is 1. The maximum Gasteiger partial charge on any atom is 0.146 e. The van der Waals surface area contributed by atoms with Crippen molar-refractivity contribution in [1.82, 2.24) is 4.98 Å². The van der Waals surface area contributed by atoms with Gasteiger partial charge in [0.05, 0.1) is 11.3 Å². The summed E-state index contributed by atoms with van der Waals surface area (Å²) in [5.41, 5.74) is 5.87. The van der Waals surface area contributed by atoms with Crippen molar-refractivity contribution in [2.75, 3.05) is 0 Å². The van der Waals surface area contributed by atoms with E-state index in [-0.39, 0.29) is 22.2 Å². The summed E-state index contributed by atoms with van der Waals surface area (Å²) in [6, 6.07) is 34.6. The SMILES string of the molecule is [B]c1nc(-c2cccc3c2oc2c(-c4ccc(-c5ccc(-c6ccccc6)cc5)cc4)c(F)ccc23)c([B])c(F)c1[B]. The number of fused-ring (bicyclic) bond motifs is 3. The van der Waals surface area contributed by atoms with E-state index in [1.54, 1.807) is 18.2 Å². The fourth-order valence-corrected chi connectivity index (χ4v) is 5.42. The molecule has 0 aliphatic carbocycles. The lowest BCUT2D eigenvalue weighted by Crippen LogP contribution is -2.38. The van der Waals surface area contributed by atoms with Gasteiger partial charge in [0, 0.05) is 16.3 Å². The van der Waals surface area contributed by atoms with Crippen LogP contribution in [0, 0.1) is 11.6 Å². The number of nitrogens with zero attached hydrogens (tertiary/aromatic N) is 1. The third-order valence-corrected chi connectivity index (χ3v) is 7.61. The zero-order valence-corrected chi connectivity index (χ0v) is 22.2. The van der Waals surface area contributed by atoms with Gasteiger partial charge in [-0.05, 0) is 57.1 Å². The Labute approximate surface area is 245 Å². The van der Waals surface area contributed by atoms with Crippen LogP contribution in [0.15, 0.2) is 114 Å². The van der Waals surface area contributed by atoms with Crippen molar-refractivity contribution in [2.24, 2.45) is 0 Å².